The van der Waals surface area contributed by atoms with E-state index in [1.807, 2.05) is 66.7 Å². The van der Waals surface area contributed by atoms with Crippen LogP contribution < -0.4 is 19.5 Å². The molecule has 7 nitrogen and oxygen atoms in total. The maximum Gasteiger partial charge on any atom is 0.418 e. The number of carbonyl (C=O) groups excluding carboxylic acids is 1. The monoisotopic (exact) mass is 427 g/mol. The lowest BCUT2D eigenvalue weighted by Crippen LogP contribution is -2.17. The number of carbonyl (C=O) groups is 1. The van der Waals surface area contributed by atoms with Crippen molar-refractivity contribution in [3.8, 4) is 39.9 Å². The quantitative estimate of drug-likeness (QED) is 0.441. The van der Waals surface area contributed by atoms with Gasteiger partial charge in [-0.15, -0.1) is 0 Å². The van der Waals surface area contributed by atoms with Crippen LogP contribution in [0.4, 0.5) is 10.5 Å². The highest BCUT2D eigenvalue weighted by molar-refractivity contribution is 5.86. The first-order valence-electron chi connectivity index (χ1n) is 9.86. The summed E-state index contributed by atoms with van der Waals surface area (Å²) >= 11 is 0. The Bertz CT molecular complexity index is 1190. The summed E-state index contributed by atoms with van der Waals surface area (Å²) in [6.45, 7) is 0. The minimum atomic E-state index is -0.650. The topological polar surface area (TPSA) is 82.6 Å². The van der Waals surface area contributed by atoms with E-state index in [4.69, 9.17) is 14.2 Å². The second kappa shape index (κ2) is 9.61. The molecule has 0 unspecified atom stereocenters. The molecule has 4 rings (SSSR count). The number of hydrogen-bond acceptors (Lipinski definition) is 6. The minimum absolute atomic E-state index is 0.0847. The Labute approximate surface area is 185 Å². The van der Waals surface area contributed by atoms with Crippen LogP contribution >= 0.6 is 0 Å². The first kappa shape index (κ1) is 20.9. The van der Waals surface area contributed by atoms with Crippen molar-refractivity contribution in [1.29, 1.82) is 0 Å². The molecule has 0 fully saturated rings. The summed E-state index contributed by atoms with van der Waals surface area (Å²) in [6, 6.07) is 24.0. The standard InChI is InChI=1S/C25H21N3O4/c1-30-20-12-8-17(9-13-20)23-24(18-10-14-21(31-2)15-11-18)28-22(16-26-23)32-25(29)27-19-6-4-3-5-7-19/h3-16H,1-2H3,(H,27,29). The number of rotatable bonds is 6. The number of nitrogens with zero attached hydrogens (tertiary/aromatic N) is 2. The van der Waals surface area contributed by atoms with Crippen LogP contribution in [-0.2, 0) is 0 Å². The lowest BCUT2D eigenvalue weighted by molar-refractivity contribution is 0.213. The summed E-state index contributed by atoms with van der Waals surface area (Å²) in [5, 5.41) is 2.66. The van der Waals surface area contributed by atoms with E-state index < -0.39 is 6.09 Å². The van der Waals surface area contributed by atoms with E-state index in [0.717, 1.165) is 22.6 Å². The van der Waals surface area contributed by atoms with Gasteiger partial charge in [-0.25, -0.2) is 14.8 Å². The molecule has 32 heavy (non-hydrogen) atoms. The summed E-state index contributed by atoms with van der Waals surface area (Å²) in [5.74, 6) is 1.55. The van der Waals surface area contributed by atoms with E-state index in [0.29, 0.717) is 17.1 Å². The van der Waals surface area contributed by atoms with Crippen LogP contribution in [0.3, 0.4) is 0 Å². The lowest BCUT2D eigenvalue weighted by Gasteiger charge is -2.12. The largest absolute Gasteiger partial charge is 0.497 e. The van der Waals surface area contributed by atoms with Gasteiger partial charge in [-0.1, -0.05) is 18.2 Å². The molecule has 1 amide bonds. The third kappa shape index (κ3) is 4.84. The van der Waals surface area contributed by atoms with E-state index in [2.05, 4.69) is 15.3 Å². The van der Waals surface area contributed by atoms with Gasteiger partial charge in [-0.2, -0.15) is 0 Å². The second-order valence-corrected chi connectivity index (χ2v) is 6.74. The number of nitrogens with one attached hydrogen (secondary N) is 1. The Hall–Kier alpha value is -4.39. The molecule has 7 heteroatoms. The third-order valence-electron chi connectivity index (χ3n) is 4.69. The van der Waals surface area contributed by atoms with Crippen LogP contribution in [0.1, 0.15) is 0 Å². The molecule has 0 radical (unpaired) electrons. The summed E-state index contributed by atoms with van der Waals surface area (Å²) in [7, 11) is 3.22. The van der Waals surface area contributed by atoms with E-state index in [9.17, 15) is 4.79 Å². The molecular formula is C25H21N3O4. The minimum Gasteiger partial charge on any atom is -0.497 e. The molecule has 1 heterocycles. The van der Waals surface area contributed by atoms with Gasteiger partial charge in [0, 0.05) is 16.8 Å². The van der Waals surface area contributed by atoms with Crippen molar-refractivity contribution in [3.63, 3.8) is 0 Å². The first-order chi connectivity index (χ1) is 15.7. The average molecular weight is 427 g/mol. The number of aromatic nitrogens is 2. The summed E-state index contributed by atoms with van der Waals surface area (Å²) in [4.78, 5) is 21.4. The van der Waals surface area contributed by atoms with Crippen LogP contribution in [0.5, 0.6) is 17.4 Å². The van der Waals surface area contributed by atoms with Crippen molar-refractivity contribution in [2.24, 2.45) is 0 Å². The fourth-order valence-electron chi connectivity index (χ4n) is 3.09. The molecule has 0 atom stereocenters. The molecule has 160 valence electrons. The molecule has 0 aliphatic carbocycles. The normalized spacial score (nSPS) is 10.3. The van der Waals surface area contributed by atoms with Crippen LogP contribution in [-0.4, -0.2) is 30.3 Å². The molecule has 0 saturated carbocycles. The number of ether oxygens (including phenoxy) is 3. The third-order valence-corrected chi connectivity index (χ3v) is 4.69. The molecule has 0 saturated heterocycles. The zero-order valence-electron chi connectivity index (χ0n) is 17.6. The van der Waals surface area contributed by atoms with Crippen molar-refractivity contribution < 1.29 is 19.0 Å². The molecule has 1 aromatic heterocycles. The highest BCUT2D eigenvalue weighted by Gasteiger charge is 2.15. The van der Waals surface area contributed by atoms with Gasteiger partial charge in [-0.3, -0.25) is 5.32 Å². The smallest absolute Gasteiger partial charge is 0.418 e. The van der Waals surface area contributed by atoms with E-state index in [-0.39, 0.29) is 5.88 Å². The molecule has 3 aromatic carbocycles. The first-order valence-corrected chi connectivity index (χ1v) is 9.86. The van der Waals surface area contributed by atoms with Crippen molar-refractivity contribution in [3.05, 3.63) is 85.1 Å². The van der Waals surface area contributed by atoms with Crippen LogP contribution in [0.2, 0.25) is 0 Å². The number of para-hydroxylation sites is 1. The van der Waals surface area contributed by atoms with Crippen LogP contribution in [0, 0.1) is 0 Å². The van der Waals surface area contributed by atoms with Crippen molar-refractivity contribution in [2.45, 2.75) is 0 Å². The maximum absolute atomic E-state index is 12.3. The number of anilines is 1. The summed E-state index contributed by atoms with van der Waals surface area (Å²) in [6.07, 6.45) is 0.778. The Balaban J connectivity index is 1.67. The second-order valence-electron chi connectivity index (χ2n) is 6.74. The molecule has 0 spiro atoms. The van der Waals surface area contributed by atoms with E-state index in [1.165, 1.54) is 6.20 Å². The Morgan fingerprint density at radius 3 is 1.88 bits per heavy atom. The zero-order valence-corrected chi connectivity index (χ0v) is 17.6. The zero-order chi connectivity index (χ0) is 22.3. The highest BCUT2D eigenvalue weighted by atomic mass is 16.6. The Kier molecular flexibility index (Phi) is 6.27. The summed E-state index contributed by atoms with van der Waals surface area (Å²) in [5.41, 5.74) is 3.49. The number of benzene rings is 3. The maximum atomic E-state index is 12.3. The summed E-state index contributed by atoms with van der Waals surface area (Å²) < 4.78 is 15.9. The fraction of sp³-hybridized carbons (Fsp3) is 0.0800. The number of hydrogen-bond donors (Lipinski definition) is 1. The molecule has 1 N–H and O–H groups in total. The molecule has 0 aliphatic rings. The van der Waals surface area contributed by atoms with Gasteiger partial charge in [0.05, 0.1) is 26.1 Å². The predicted octanol–water partition coefficient (Wildman–Crippen LogP) is 5.44. The van der Waals surface area contributed by atoms with Gasteiger partial charge >= 0.3 is 6.09 Å². The number of amides is 1. The predicted molar refractivity (Wildman–Crippen MR) is 122 cm³/mol. The van der Waals surface area contributed by atoms with Crippen molar-refractivity contribution >= 4 is 11.8 Å². The lowest BCUT2D eigenvalue weighted by atomic mass is 10.0. The SMILES string of the molecule is COc1ccc(-c2ncc(OC(=O)Nc3ccccc3)nc2-c2ccc(OC)cc2)cc1. The van der Waals surface area contributed by atoms with Gasteiger partial charge < -0.3 is 14.2 Å². The highest BCUT2D eigenvalue weighted by Crippen LogP contribution is 2.32. The molecular weight excluding hydrogens is 406 g/mol. The van der Waals surface area contributed by atoms with Crippen molar-refractivity contribution in [2.75, 3.05) is 19.5 Å². The Morgan fingerprint density at radius 1 is 0.750 bits per heavy atom. The molecule has 4 aromatic rings. The van der Waals surface area contributed by atoms with Crippen molar-refractivity contribution in [1.82, 2.24) is 9.97 Å². The number of methoxy groups -OCH3 is 2. The molecule has 0 aliphatic heterocycles. The average Bonchev–Trinajstić information content (AvgIpc) is 2.85. The van der Waals surface area contributed by atoms with Gasteiger partial charge in [0.25, 0.3) is 0 Å². The van der Waals surface area contributed by atoms with Crippen LogP contribution in [0.25, 0.3) is 22.5 Å². The van der Waals surface area contributed by atoms with Crippen LogP contribution in [0.15, 0.2) is 85.1 Å². The van der Waals surface area contributed by atoms with E-state index in [1.54, 1.807) is 26.4 Å². The van der Waals surface area contributed by atoms with E-state index >= 15 is 0 Å². The molecule has 0 bridgehead atoms. The Morgan fingerprint density at radius 2 is 1.31 bits per heavy atom. The van der Waals surface area contributed by atoms with Gasteiger partial charge in [-0.05, 0) is 60.7 Å². The fourth-order valence-corrected chi connectivity index (χ4v) is 3.09. The van der Waals surface area contributed by atoms with Gasteiger partial charge in [0.1, 0.15) is 17.2 Å². The van der Waals surface area contributed by atoms with Gasteiger partial charge in [0.2, 0.25) is 5.88 Å². The van der Waals surface area contributed by atoms with Gasteiger partial charge in [0.15, 0.2) is 0 Å².